The second-order valence-electron chi connectivity index (χ2n) is 6.91. The average Bonchev–Trinajstić information content (AvgIpc) is 2.69. The van der Waals surface area contributed by atoms with E-state index in [1.54, 1.807) is 0 Å². The zero-order valence-corrected chi connectivity index (χ0v) is 16.5. The molecule has 1 aliphatic heterocycles. The zero-order chi connectivity index (χ0) is 19.2. The highest BCUT2D eigenvalue weighted by molar-refractivity contribution is 5.84. The minimum atomic E-state index is -0.0617. The number of piperazine rings is 1. The quantitative estimate of drug-likeness (QED) is 0.850. The number of benzene rings is 1. The van der Waals surface area contributed by atoms with Crippen LogP contribution in [0.4, 0.5) is 11.8 Å². The largest absolute Gasteiger partial charge is 0.370 e. The van der Waals surface area contributed by atoms with Gasteiger partial charge in [0.1, 0.15) is 5.82 Å². The fourth-order valence-electron chi connectivity index (χ4n) is 3.55. The van der Waals surface area contributed by atoms with Gasteiger partial charge in [-0.15, -0.1) is 0 Å². The van der Waals surface area contributed by atoms with Gasteiger partial charge in [0.25, 0.3) is 0 Å². The molecule has 27 heavy (non-hydrogen) atoms. The number of hydrogen-bond acceptors (Lipinski definition) is 5. The second kappa shape index (κ2) is 8.84. The van der Waals surface area contributed by atoms with Gasteiger partial charge in [0.2, 0.25) is 11.9 Å². The molecule has 0 bridgehead atoms. The number of hydrogen-bond donors (Lipinski definition) is 1. The first kappa shape index (κ1) is 19.1. The summed E-state index contributed by atoms with van der Waals surface area (Å²) < 4.78 is 0. The predicted octanol–water partition coefficient (Wildman–Crippen LogP) is 3.06. The van der Waals surface area contributed by atoms with E-state index in [-0.39, 0.29) is 11.8 Å². The number of carbonyl (C=O) groups is 1. The van der Waals surface area contributed by atoms with Gasteiger partial charge in [-0.1, -0.05) is 37.3 Å². The number of aryl methyl sites for hydroxylation is 1. The van der Waals surface area contributed by atoms with Crippen LogP contribution in [0, 0.1) is 6.92 Å². The summed E-state index contributed by atoms with van der Waals surface area (Å²) in [5.41, 5.74) is 2.05. The van der Waals surface area contributed by atoms with Gasteiger partial charge >= 0.3 is 0 Å². The minimum absolute atomic E-state index is 0.0617. The molecular weight excluding hydrogens is 338 g/mol. The summed E-state index contributed by atoms with van der Waals surface area (Å²) in [4.78, 5) is 26.4. The maximum atomic E-state index is 13.0. The Bertz CT molecular complexity index is 756. The van der Waals surface area contributed by atoms with Crippen molar-refractivity contribution in [3.05, 3.63) is 47.7 Å². The number of nitrogens with zero attached hydrogens (tertiary/aromatic N) is 4. The number of rotatable bonds is 6. The zero-order valence-electron chi connectivity index (χ0n) is 16.5. The van der Waals surface area contributed by atoms with Crippen molar-refractivity contribution < 1.29 is 4.79 Å². The van der Waals surface area contributed by atoms with Crippen LogP contribution >= 0.6 is 0 Å². The summed E-state index contributed by atoms with van der Waals surface area (Å²) >= 11 is 0. The molecule has 0 radical (unpaired) electrons. The maximum Gasteiger partial charge on any atom is 0.230 e. The van der Waals surface area contributed by atoms with Gasteiger partial charge in [0.15, 0.2) is 0 Å². The van der Waals surface area contributed by atoms with Gasteiger partial charge in [-0.05, 0) is 25.8 Å². The summed E-state index contributed by atoms with van der Waals surface area (Å²) in [6, 6.07) is 12.0. The van der Waals surface area contributed by atoms with Gasteiger partial charge in [0, 0.05) is 44.5 Å². The first-order valence-corrected chi connectivity index (χ1v) is 9.80. The molecule has 1 aromatic heterocycles. The standard InChI is InChI=1S/C21H29N5O/c1-4-18(17-9-7-6-8-10-17)20(27)25-11-13-26(14-12-25)21-23-16(3)15-19(24-21)22-5-2/h6-10,15,18H,4-5,11-14H2,1-3H3,(H,22,23,24). The Labute approximate surface area is 161 Å². The Morgan fingerprint density at radius 1 is 1.11 bits per heavy atom. The van der Waals surface area contributed by atoms with E-state index >= 15 is 0 Å². The molecule has 1 unspecified atom stereocenters. The Hall–Kier alpha value is -2.63. The molecule has 1 N–H and O–H groups in total. The van der Waals surface area contributed by atoms with E-state index in [0.717, 1.165) is 49.1 Å². The summed E-state index contributed by atoms with van der Waals surface area (Å²) in [5, 5.41) is 3.25. The van der Waals surface area contributed by atoms with Crippen molar-refractivity contribution in [2.45, 2.75) is 33.1 Å². The third-order valence-corrected chi connectivity index (χ3v) is 4.98. The molecule has 1 atom stereocenters. The van der Waals surface area contributed by atoms with E-state index in [2.05, 4.69) is 34.0 Å². The smallest absolute Gasteiger partial charge is 0.230 e. The van der Waals surface area contributed by atoms with Crippen LogP contribution in [-0.4, -0.2) is 53.5 Å². The fourth-order valence-corrected chi connectivity index (χ4v) is 3.55. The highest BCUT2D eigenvalue weighted by atomic mass is 16.2. The molecule has 2 aromatic rings. The van der Waals surface area contributed by atoms with Crippen LogP contribution in [0.1, 0.15) is 37.4 Å². The SMILES string of the molecule is CCNc1cc(C)nc(N2CCN(C(=O)C(CC)c3ccccc3)CC2)n1. The molecule has 0 saturated carbocycles. The third-order valence-electron chi connectivity index (χ3n) is 4.98. The highest BCUT2D eigenvalue weighted by Crippen LogP contribution is 2.23. The normalized spacial score (nSPS) is 15.5. The molecular formula is C21H29N5O. The Morgan fingerprint density at radius 3 is 2.44 bits per heavy atom. The number of nitrogens with one attached hydrogen (secondary N) is 1. The van der Waals surface area contributed by atoms with E-state index in [9.17, 15) is 4.79 Å². The molecule has 1 aromatic carbocycles. The Morgan fingerprint density at radius 2 is 1.81 bits per heavy atom. The number of aromatic nitrogens is 2. The van der Waals surface area contributed by atoms with Crippen molar-refractivity contribution >= 4 is 17.7 Å². The van der Waals surface area contributed by atoms with Crippen LogP contribution in [0.15, 0.2) is 36.4 Å². The van der Waals surface area contributed by atoms with Crippen LogP contribution < -0.4 is 10.2 Å². The van der Waals surface area contributed by atoms with Crippen LogP contribution in [0.2, 0.25) is 0 Å². The van der Waals surface area contributed by atoms with E-state index < -0.39 is 0 Å². The van der Waals surface area contributed by atoms with Gasteiger partial charge in [-0.3, -0.25) is 4.79 Å². The highest BCUT2D eigenvalue weighted by Gasteiger charge is 2.28. The topological polar surface area (TPSA) is 61.4 Å². The molecule has 6 nitrogen and oxygen atoms in total. The lowest BCUT2D eigenvalue weighted by Gasteiger charge is -2.36. The van der Waals surface area contributed by atoms with Crippen LogP contribution in [0.3, 0.4) is 0 Å². The summed E-state index contributed by atoms with van der Waals surface area (Å²) in [6.07, 6.45) is 0.816. The van der Waals surface area contributed by atoms with E-state index in [1.807, 2.05) is 48.2 Å². The van der Waals surface area contributed by atoms with Gasteiger partial charge in [-0.2, -0.15) is 4.98 Å². The number of anilines is 2. The van der Waals surface area contributed by atoms with E-state index in [1.165, 1.54) is 0 Å². The predicted molar refractivity (Wildman–Crippen MR) is 109 cm³/mol. The molecule has 3 rings (SSSR count). The molecule has 1 fully saturated rings. The van der Waals surface area contributed by atoms with Crippen LogP contribution in [0.5, 0.6) is 0 Å². The van der Waals surface area contributed by atoms with E-state index in [0.29, 0.717) is 13.1 Å². The monoisotopic (exact) mass is 367 g/mol. The van der Waals surface area contributed by atoms with Gasteiger partial charge in [0.05, 0.1) is 5.92 Å². The van der Waals surface area contributed by atoms with Crippen molar-refractivity contribution in [1.82, 2.24) is 14.9 Å². The van der Waals surface area contributed by atoms with Crippen molar-refractivity contribution in [3.8, 4) is 0 Å². The lowest BCUT2D eigenvalue weighted by molar-refractivity contribution is -0.133. The first-order chi connectivity index (χ1) is 13.1. The molecule has 1 aliphatic rings. The summed E-state index contributed by atoms with van der Waals surface area (Å²) in [5.74, 6) is 1.76. The van der Waals surface area contributed by atoms with Crippen molar-refractivity contribution in [2.24, 2.45) is 0 Å². The number of carbonyl (C=O) groups excluding carboxylic acids is 1. The Balaban J connectivity index is 1.65. The molecule has 0 spiro atoms. The van der Waals surface area contributed by atoms with Crippen LogP contribution in [-0.2, 0) is 4.79 Å². The third kappa shape index (κ3) is 4.56. The van der Waals surface area contributed by atoms with Crippen LogP contribution in [0.25, 0.3) is 0 Å². The number of amides is 1. The fraction of sp³-hybridized carbons (Fsp3) is 0.476. The summed E-state index contributed by atoms with van der Waals surface area (Å²) in [6.45, 7) is 9.87. The Kier molecular flexibility index (Phi) is 6.27. The van der Waals surface area contributed by atoms with Gasteiger partial charge < -0.3 is 15.1 Å². The molecule has 1 amide bonds. The maximum absolute atomic E-state index is 13.0. The molecule has 144 valence electrons. The van der Waals surface area contributed by atoms with Crippen molar-refractivity contribution in [2.75, 3.05) is 42.9 Å². The minimum Gasteiger partial charge on any atom is -0.370 e. The lowest BCUT2D eigenvalue weighted by Crippen LogP contribution is -2.50. The molecule has 1 saturated heterocycles. The molecule has 2 heterocycles. The van der Waals surface area contributed by atoms with Gasteiger partial charge in [-0.25, -0.2) is 4.98 Å². The molecule has 0 aliphatic carbocycles. The molecule has 6 heteroatoms. The van der Waals surface area contributed by atoms with E-state index in [4.69, 9.17) is 0 Å². The lowest BCUT2D eigenvalue weighted by atomic mass is 9.95. The second-order valence-corrected chi connectivity index (χ2v) is 6.91. The summed E-state index contributed by atoms with van der Waals surface area (Å²) in [7, 11) is 0. The van der Waals surface area contributed by atoms with Crippen molar-refractivity contribution in [1.29, 1.82) is 0 Å². The van der Waals surface area contributed by atoms with Crippen molar-refractivity contribution in [3.63, 3.8) is 0 Å². The first-order valence-electron chi connectivity index (χ1n) is 9.80. The average molecular weight is 367 g/mol.